The van der Waals surface area contributed by atoms with Gasteiger partial charge in [0.25, 0.3) is 0 Å². The average molecular weight is 294 g/mol. The number of hydrogen-bond donors (Lipinski definition) is 1. The van der Waals surface area contributed by atoms with E-state index in [-0.39, 0.29) is 11.7 Å². The smallest absolute Gasteiger partial charge is 0.172 e. The monoisotopic (exact) mass is 294 g/mol. The summed E-state index contributed by atoms with van der Waals surface area (Å²) in [7, 11) is 3.18. The molecule has 0 aromatic heterocycles. The molecule has 0 spiro atoms. The standard InChI is InChI=1S/C16H23NO4/c1-11(2)16(18)15-13(19-3)9-12(10-14(15)20-4)17-5-7-21-8-6-17/h9-11H,5-8H2,1-4H3/p+1. The minimum Gasteiger partial charge on any atom is -0.496 e. The Hall–Kier alpha value is -1.59. The van der Waals surface area contributed by atoms with Gasteiger partial charge in [-0.15, -0.1) is 0 Å². The quantitative estimate of drug-likeness (QED) is 0.826. The highest BCUT2D eigenvalue weighted by Gasteiger charge is 2.26. The summed E-state index contributed by atoms with van der Waals surface area (Å²) in [6.07, 6.45) is 0. The third kappa shape index (κ3) is 3.36. The third-order valence-electron chi connectivity index (χ3n) is 3.78. The van der Waals surface area contributed by atoms with Crippen LogP contribution in [0.3, 0.4) is 0 Å². The second kappa shape index (κ2) is 6.91. The SMILES string of the molecule is COc1cc([NH+]2CCOCC2)cc(OC)c1C(=O)C(C)C. The van der Waals surface area contributed by atoms with E-state index in [1.165, 1.54) is 4.90 Å². The minimum atomic E-state index is -0.102. The molecule has 5 heteroatoms. The number of quaternary nitrogens is 1. The van der Waals surface area contributed by atoms with E-state index in [0.717, 1.165) is 32.0 Å². The number of carbonyl (C=O) groups is 1. The van der Waals surface area contributed by atoms with Crippen LogP contribution in [0.1, 0.15) is 24.2 Å². The molecule has 1 saturated heterocycles. The molecule has 1 heterocycles. The Kier molecular flexibility index (Phi) is 5.20. The van der Waals surface area contributed by atoms with Crippen LogP contribution in [-0.4, -0.2) is 46.3 Å². The van der Waals surface area contributed by atoms with E-state index < -0.39 is 0 Å². The van der Waals surface area contributed by atoms with E-state index in [0.29, 0.717) is 17.1 Å². The van der Waals surface area contributed by atoms with Gasteiger partial charge >= 0.3 is 0 Å². The molecule has 5 nitrogen and oxygen atoms in total. The summed E-state index contributed by atoms with van der Waals surface area (Å²) in [5, 5.41) is 0. The van der Waals surface area contributed by atoms with Crippen LogP contribution in [0, 0.1) is 5.92 Å². The van der Waals surface area contributed by atoms with Gasteiger partial charge in [-0.3, -0.25) is 9.69 Å². The van der Waals surface area contributed by atoms with Gasteiger partial charge in [0.2, 0.25) is 0 Å². The van der Waals surface area contributed by atoms with E-state index in [1.54, 1.807) is 14.2 Å². The van der Waals surface area contributed by atoms with Gasteiger partial charge in [0.1, 0.15) is 35.8 Å². The zero-order valence-corrected chi connectivity index (χ0v) is 13.2. The van der Waals surface area contributed by atoms with Crippen LogP contribution in [-0.2, 0) is 4.74 Å². The van der Waals surface area contributed by atoms with E-state index in [9.17, 15) is 4.79 Å². The Labute approximate surface area is 125 Å². The Morgan fingerprint density at radius 1 is 1.14 bits per heavy atom. The van der Waals surface area contributed by atoms with Crippen molar-refractivity contribution in [1.82, 2.24) is 0 Å². The first kappa shape index (κ1) is 15.8. The first-order valence-corrected chi connectivity index (χ1v) is 7.31. The fourth-order valence-corrected chi connectivity index (χ4v) is 2.55. The van der Waals surface area contributed by atoms with Crippen molar-refractivity contribution >= 4 is 11.5 Å². The molecular formula is C16H24NO4+. The zero-order chi connectivity index (χ0) is 15.4. The van der Waals surface area contributed by atoms with Gasteiger partial charge in [-0.2, -0.15) is 0 Å². The number of ketones is 1. The van der Waals surface area contributed by atoms with Crippen LogP contribution in [0.5, 0.6) is 11.5 Å². The predicted molar refractivity (Wildman–Crippen MR) is 79.9 cm³/mol. The van der Waals surface area contributed by atoms with Crippen LogP contribution in [0.2, 0.25) is 0 Å². The molecule has 1 fully saturated rings. The van der Waals surface area contributed by atoms with Crippen molar-refractivity contribution in [1.29, 1.82) is 0 Å². The number of hydrogen-bond acceptors (Lipinski definition) is 4. The molecule has 0 saturated carbocycles. The van der Waals surface area contributed by atoms with Crippen molar-refractivity contribution < 1.29 is 23.9 Å². The number of nitrogens with one attached hydrogen (secondary N) is 1. The summed E-state index contributed by atoms with van der Waals surface area (Å²) in [6, 6.07) is 3.89. The van der Waals surface area contributed by atoms with Crippen LogP contribution in [0.4, 0.5) is 5.69 Å². The maximum atomic E-state index is 12.4. The summed E-state index contributed by atoms with van der Waals surface area (Å²) in [5.41, 5.74) is 1.61. The van der Waals surface area contributed by atoms with Gasteiger partial charge in [-0.05, 0) is 0 Å². The Morgan fingerprint density at radius 2 is 1.67 bits per heavy atom. The average Bonchev–Trinajstić information content (AvgIpc) is 2.53. The Morgan fingerprint density at radius 3 is 2.10 bits per heavy atom. The van der Waals surface area contributed by atoms with Gasteiger partial charge in [-0.25, -0.2) is 0 Å². The summed E-state index contributed by atoms with van der Waals surface area (Å²) in [4.78, 5) is 13.7. The molecule has 1 aliphatic rings. The Balaban J connectivity index is 2.45. The lowest BCUT2D eigenvalue weighted by molar-refractivity contribution is -0.842. The molecule has 1 N–H and O–H groups in total. The highest BCUT2D eigenvalue weighted by molar-refractivity contribution is 6.02. The molecule has 1 aromatic rings. The summed E-state index contributed by atoms with van der Waals surface area (Å²) >= 11 is 0. The van der Waals surface area contributed by atoms with Crippen molar-refractivity contribution in [3.63, 3.8) is 0 Å². The molecule has 0 amide bonds. The van der Waals surface area contributed by atoms with Crippen molar-refractivity contribution in [2.75, 3.05) is 40.5 Å². The summed E-state index contributed by atoms with van der Waals surface area (Å²) in [5.74, 6) is 1.10. The lowest BCUT2D eigenvalue weighted by Crippen LogP contribution is -3.09. The predicted octanol–water partition coefficient (Wildman–Crippen LogP) is 1.09. The molecule has 0 bridgehead atoms. The molecule has 21 heavy (non-hydrogen) atoms. The van der Waals surface area contributed by atoms with E-state index in [4.69, 9.17) is 14.2 Å². The number of ether oxygens (including phenoxy) is 3. The van der Waals surface area contributed by atoms with Gasteiger partial charge < -0.3 is 14.2 Å². The van der Waals surface area contributed by atoms with Crippen molar-refractivity contribution in [2.45, 2.75) is 13.8 Å². The van der Waals surface area contributed by atoms with E-state index in [2.05, 4.69) is 0 Å². The number of benzene rings is 1. The highest BCUT2D eigenvalue weighted by atomic mass is 16.5. The van der Waals surface area contributed by atoms with Crippen LogP contribution in [0.25, 0.3) is 0 Å². The normalized spacial score (nSPS) is 16.0. The third-order valence-corrected chi connectivity index (χ3v) is 3.78. The molecule has 0 radical (unpaired) electrons. The van der Waals surface area contributed by atoms with Gasteiger partial charge in [-0.1, -0.05) is 13.8 Å². The molecule has 0 aliphatic carbocycles. The second-order valence-electron chi connectivity index (χ2n) is 5.49. The lowest BCUT2D eigenvalue weighted by Gasteiger charge is -2.25. The van der Waals surface area contributed by atoms with Gasteiger partial charge in [0, 0.05) is 18.1 Å². The molecule has 0 atom stereocenters. The summed E-state index contributed by atoms with van der Waals surface area (Å²) < 4.78 is 16.3. The van der Waals surface area contributed by atoms with Crippen LogP contribution < -0.4 is 14.4 Å². The van der Waals surface area contributed by atoms with E-state index in [1.807, 2.05) is 26.0 Å². The molecule has 2 rings (SSSR count). The van der Waals surface area contributed by atoms with E-state index >= 15 is 0 Å². The molecule has 0 unspecified atom stereocenters. The number of Topliss-reactive ketones (excluding diaryl/α,β-unsaturated/α-hetero) is 1. The van der Waals surface area contributed by atoms with Gasteiger partial charge in [0.15, 0.2) is 5.78 Å². The molecule has 116 valence electrons. The largest absolute Gasteiger partial charge is 0.496 e. The topological polar surface area (TPSA) is 49.2 Å². The maximum absolute atomic E-state index is 12.4. The highest BCUT2D eigenvalue weighted by Crippen LogP contribution is 2.33. The second-order valence-corrected chi connectivity index (χ2v) is 5.49. The van der Waals surface area contributed by atoms with Crippen molar-refractivity contribution in [3.05, 3.63) is 17.7 Å². The van der Waals surface area contributed by atoms with Crippen LogP contribution in [0.15, 0.2) is 12.1 Å². The van der Waals surface area contributed by atoms with Crippen molar-refractivity contribution in [3.8, 4) is 11.5 Å². The lowest BCUT2D eigenvalue weighted by atomic mass is 9.98. The molecule has 1 aromatic carbocycles. The molecule has 1 aliphatic heterocycles. The molecular weight excluding hydrogens is 270 g/mol. The van der Waals surface area contributed by atoms with Gasteiger partial charge in [0.05, 0.1) is 27.4 Å². The Bertz CT molecular complexity index is 482. The first-order chi connectivity index (χ1) is 10.1. The summed E-state index contributed by atoms with van der Waals surface area (Å²) in [6.45, 7) is 7.05. The number of methoxy groups -OCH3 is 2. The maximum Gasteiger partial charge on any atom is 0.172 e. The minimum absolute atomic E-state index is 0.0345. The number of morpholine rings is 1. The fraction of sp³-hybridized carbons (Fsp3) is 0.562. The zero-order valence-electron chi connectivity index (χ0n) is 13.2. The number of rotatable bonds is 5. The fourth-order valence-electron chi connectivity index (χ4n) is 2.55. The van der Waals surface area contributed by atoms with Crippen LogP contribution >= 0.6 is 0 Å². The first-order valence-electron chi connectivity index (χ1n) is 7.31. The van der Waals surface area contributed by atoms with Crippen molar-refractivity contribution in [2.24, 2.45) is 5.92 Å². The number of carbonyl (C=O) groups excluding carboxylic acids is 1.